The van der Waals surface area contributed by atoms with Gasteiger partial charge in [0, 0.05) is 17.3 Å². The minimum Gasteiger partial charge on any atom is -0.480 e. The number of aryl methyl sites for hydroxylation is 2. The lowest BCUT2D eigenvalue weighted by Gasteiger charge is -2.34. The van der Waals surface area contributed by atoms with Gasteiger partial charge in [0.15, 0.2) is 0 Å². The quantitative estimate of drug-likeness (QED) is 0.771. The highest BCUT2D eigenvalue weighted by Crippen LogP contribution is 2.28. The van der Waals surface area contributed by atoms with Gasteiger partial charge >= 0.3 is 5.97 Å². The Morgan fingerprint density at radius 1 is 1.28 bits per heavy atom. The van der Waals surface area contributed by atoms with E-state index in [4.69, 9.17) is 15.4 Å². The van der Waals surface area contributed by atoms with Gasteiger partial charge in [-0.15, -0.1) is 0 Å². The van der Waals surface area contributed by atoms with E-state index in [0.717, 1.165) is 24.2 Å². The minimum absolute atomic E-state index is 0.201. The first-order valence-corrected chi connectivity index (χ1v) is 9.69. The normalized spacial score (nSPS) is 16.3. The van der Waals surface area contributed by atoms with Crippen LogP contribution in [0.1, 0.15) is 41.3 Å². The number of hydrogen-bond donors (Lipinski definition) is 1. The van der Waals surface area contributed by atoms with Gasteiger partial charge in [0.1, 0.15) is 18.5 Å². The molecule has 2 heterocycles. The van der Waals surface area contributed by atoms with E-state index >= 15 is 0 Å². The van der Waals surface area contributed by atoms with Crippen LogP contribution in [0.2, 0.25) is 0 Å². The van der Waals surface area contributed by atoms with Crippen molar-refractivity contribution in [3.63, 3.8) is 0 Å². The largest absolute Gasteiger partial charge is 0.480 e. The lowest BCUT2D eigenvalue weighted by atomic mass is 9.92. The first kappa shape index (κ1) is 20.9. The summed E-state index contributed by atoms with van der Waals surface area (Å²) in [7, 11) is 0. The molecule has 152 valence electrons. The highest BCUT2D eigenvalue weighted by Gasteiger charge is 2.30. The third-order valence-electron chi connectivity index (χ3n) is 5.48. The van der Waals surface area contributed by atoms with Crippen LogP contribution in [-0.4, -0.2) is 46.8 Å². The van der Waals surface area contributed by atoms with Gasteiger partial charge in [-0.05, 0) is 68.6 Å². The third-order valence-corrected chi connectivity index (χ3v) is 5.48. The second-order valence-corrected chi connectivity index (χ2v) is 7.29. The predicted octanol–water partition coefficient (Wildman–Crippen LogP) is 3.48. The van der Waals surface area contributed by atoms with Gasteiger partial charge in [-0.2, -0.15) is 5.26 Å². The SMILES string of the molecule is N#Cc1ccc(CCc2cccc(C3CCN(C(CF)C(=O)O)CC3)n2)c(F)c1. The van der Waals surface area contributed by atoms with Crippen LogP contribution in [0.5, 0.6) is 0 Å². The molecule has 0 bridgehead atoms. The Balaban J connectivity index is 1.60. The number of hydrogen-bond acceptors (Lipinski definition) is 4. The van der Waals surface area contributed by atoms with E-state index in [1.54, 1.807) is 17.0 Å². The summed E-state index contributed by atoms with van der Waals surface area (Å²) in [5.74, 6) is -1.30. The summed E-state index contributed by atoms with van der Waals surface area (Å²) >= 11 is 0. The fourth-order valence-electron chi connectivity index (χ4n) is 3.77. The molecular formula is C22H23F2N3O2. The topological polar surface area (TPSA) is 77.2 Å². The third kappa shape index (κ3) is 5.15. The van der Waals surface area contributed by atoms with E-state index in [1.165, 1.54) is 6.07 Å². The number of rotatable bonds is 7. The van der Waals surface area contributed by atoms with E-state index in [1.807, 2.05) is 24.3 Å². The van der Waals surface area contributed by atoms with Crippen molar-refractivity contribution in [3.8, 4) is 6.07 Å². The number of nitriles is 1. The van der Waals surface area contributed by atoms with E-state index in [0.29, 0.717) is 37.1 Å². The molecule has 0 amide bonds. The maximum Gasteiger partial charge on any atom is 0.323 e. The number of alkyl halides is 1. The molecule has 1 aliphatic heterocycles. The van der Waals surface area contributed by atoms with Crippen LogP contribution in [0.15, 0.2) is 36.4 Å². The molecule has 5 nitrogen and oxygen atoms in total. The second kappa shape index (κ2) is 9.57. The fourth-order valence-corrected chi connectivity index (χ4v) is 3.77. The number of carbonyl (C=O) groups is 1. The van der Waals surface area contributed by atoms with Crippen LogP contribution >= 0.6 is 0 Å². The molecule has 3 rings (SSSR count). The lowest BCUT2D eigenvalue weighted by molar-refractivity contribution is -0.144. The summed E-state index contributed by atoms with van der Waals surface area (Å²) < 4.78 is 27.0. The van der Waals surface area contributed by atoms with Crippen molar-refractivity contribution in [2.45, 2.75) is 37.6 Å². The molecule has 7 heteroatoms. The number of aliphatic carboxylic acids is 1. The van der Waals surface area contributed by atoms with Gasteiger partial charge in [0.05, 0.1) is 11.6 Å². The van der Waals surface area contributed by atoms with Crippen molar-refractivity contribution in [3.05, 3.63) is 64.7 Å². The summed E-state index contributed by atoms with van der Waals surface area (Å²) in [5.41, 5.74) is 2.65. The van der Waals surface area contributed by atoms with Gasteiger partial charge in [-0.25, -0.2) is 8.78 Å². The number of likely N-dealkylation sites (tertiary alicyclic amines) is 1. The average Bonchev–Trinajstić information content (AvgIpc) is 2.74. The van der Waals surface area contributed by atoms with E-state index < -0.39 is 18.7 Å². The standard InChI is InChI=1S/C22H23F2N3O2/c23-13-21(22(28)29)27-10-8-17(9-11-27)20-3-1-2-18(26-20)7-6-16-5-4-15(14-25)12-19(16)24/h1-5,12,17,21H,6-11,13H2,(H,28,29). The smallest absolute Gasteiger partial charge is 0.323 e. The molecule has 1 unspecified atom stereocenters. The number of aromatic nitrogens is 1. The lowest BCUT2D eigenvalue weighted by Crippen LogP contribution is -2.46. The average molecular weight is 399 g/mol. The van der Waals surface area contributed by atoms with Gasteiger partial charge < -0.3 is 5.11 Å². The molecule has 0 saturated carbocycles. The van der Waals surface area contributed by atoms with Crippen LogP contribution < -0.4 is 0 Å². The number of carboxylic acid groups (broad SMARTS) is 1. The highest BCUT2D eigenvalue weighted by molar-refractivity contribution is 5.73. The maximum absolute atomic E-state index is 14.1. The highest BCUT2D eigenvalue weighted by atomic mass is 19.1. The maximum atomic E-state index is 14.1. The minimum atomic E-state index is -1.12. The summed E-state index contributed by atoms with van der Waals surface area (Å²) in [6.45, 7) is 0.154. The van der Waals surface area contributed by atoms with Crippen molar-refractivity contribution < 1.29 is 18.7 Å². The fraction of sp³-hybridized carbons (Fsp3) is 0.409. The van der Waals surface area contributed by atoms with Gasteiger partial charge in [-0.1, -0.05) is 12.1 Å². The zero-order valence-electron chi connectivity index (χ0n) is 16.0. The Kier molecular flexibility index (Phi) is 6.89. The zero-order chi connectivity index (χ0) is 20.8. The Morgan fingerprint density at radius 3 is 2.66 bits per heavy atom. The van der Waals surface area contributed by atoms with Crippen molar-refractivity contribution in [2.75, 3.05) is 19.8 Å². The summed E-state index contributed by atoms with van der Waals surface area (Å²) in [6, 6.07) is 11.1. The van der Waals surface area contributed by atoms with Crippen LogP contribution in [0.25, 0.3) is 0 Å². The molecule has 2 aromatic rings. The summed E-state index contributed by atoms with van der Waals surface area (Å²) in [6.07, 6.45) is 2.52. The van der Waals surface area contributed by atoms with Gasteiger partial charge in [0.2, 0.25) is 0 Å². The van der Waals surface area contributed by atoms with Gasteiger partial charge in [0.25, 0.3) is 0 Å². The molecule has 1 atom stereocenters. The molecule has 1 saturated heterocycles. The summed E-state index contributed by atoms with van der Waals surface area (Å²) in [4.78, 5) is 17.5. The number of pyridine rings is 1. The van der Waals surface area contributed by atoms with Crippen LogP contribution in [0, 0.1) is 17.1 Å². The molecule has 1 aromatic heterocycles. The molecule has 0 aliphatic carbocycles. The van der Waals surface area contributed by atoms with Crippen LogP contribution in [0.4, 0.5) is 8.78 Å². The zero-order valence-corrected chi connectivity index (χ0v) is 16.0. The van der Waals surface area contributed by atoms with E-state index in [9.17, 15) is 13.6 Å². The van der Waals surface area contributed by atoms with Gasteiger partial charge in [-0.3, -0.25) is 14.7 Å². The molecule has 1 fully saturated rings. The van der Waals surface area contributed by atoms with Crippen LogP contribution in [0.3, 0.4) is 0 Å². The van der Waals surface area contributed by atoms with E-state index in [-0.39, 0.29) is 11.7 Å². The Bertz CT molecular complexity index is 905. The van der Waals surface area contributed by atoms with Crippen molar-refractivity contribution in [1.82, 2.24) is 9.88 Å². The van der Waals surface area contributed by atoms with E-state index in [2.05, 4.69) is 0 Å². The monoisotopic (exact) mass is 399 g/mol. The van der Waals surface area contributed by atoms with Crippen molar-refractivity contribution in [2.24, 2.45) is 0 Å². The Labute approximate surface area is 168 Å². The number of halogens is 2. The molecule has 1 aromatic carbocycles. The first-order chi connectivity index (χ1) is 14.0. The number of nitrogens with zero attached hydrogens (tertiary/aromatic N) is 3. The number of piperidine rings is 1. The molecule has 0 spiro atoms. The molecule has 1 aliphatic rings. The molecule has 0 radical (unpaired) electrons. The Hall–Kier alpha value is -2.85. The second-order valence-electron chi connectivity index (χ2n) is 7.29. The number of carboxylic acids is 1. The molecular weight excluding hydrogens is 376 g/mol. The first-order valence-electron chi connectivity index (χ1n) is 9.69. The van der Waals surface area contributed by atoms with Crippen molar-refractivity contribution >= 4 is 5.97 Å². The summed E-state index contributed by atoms with van der Waals surface area (Å²) in [5, 5.41) is 17.9. The molecule has 29 heavy (non-hydrogen) atoms. The van der Waals surface area contributed by atoms with Crippen LogP contribution in [-0.2, 0) is 17.6 Å². The molecule has 1 N–H and O–H groups in total. The Morgan fingerprint density at radius 2 is 2.03 bits per heavy atom. The number of benzene rings is 1. The predicted molar refractivity (Wildman–Crippen MR) is 104 cm³/mol. The van der Waals surface area contributed by atoms with Crippen molar-refractivity contribution in [1.29, 1.82) is 5.26 Å².